The minimum atomic E-state index is -9.79. The van der Waals surface area contributed by atoms with Gasteiger partial charge in [0.05, 0.1) is 5.52 Å². The van der Waals surface area contributed by atoms with E-state index in [9.17, 15) is 24.2 Å². The summed E-state index contributed by atoms with van der Waals surface area (Å²) in [6.45, 7) is 0. The monoisotopic (exact) mass is 299 g/mol. The highest BCUT2D eigenvalue weighted by Gasteiger charge is 2.65. The van der Waals surface area contributed by atoms with E-state index in [2.05, 4.69) is 4.98 Å². The number of fused-ring (bicyclic) bond motifs is 1. The second-order valence-corrected chi connectivity index (χ2v) is 6.23. The number of nitrogens with zero attached hydrogens (tertiary/aromatic N) is 1. The molecule has 0 bridgehead atoms. The van der Waals surface area contributed by atoms with Gasteiger partial charge in [-0.05, 0) is 18.2 Å². The Hall–Kier alpha value is -1.90. The number of halogens is 5. The molecular formula is C10H6F5NO2S. The number of pyridine rings is 1. The zero-order valence-corrected chi connectivity index (χ0v) is 9.80. The highest BCUT2D eigenvalue weighted by atomic mass is 32.5. The molecule has 0 aliphatic carbocycles. The molecule has 104 valence electrons. The van der Waals surface area contributed by atoms with Crippen LogP contribution in [0.4, 0.5) is 19.4 Å². The lowest BCUT2D eigenvalue weighted by molar-refractivity contribution is 0.0691. The number of aromatic carboxylic acids is 1. The van der Waals surface area contributed by atoms with Gasteiger partial charge in [0, 0.05) is 5.39 Å². The Kier molecular flexibility index (Phi) is 2.25. The molecule has 3 nitrogen and oxygen atoms in total. The molecule has 0 unspecified atom stereocenters. The van der Waals surface area contributed by atoms with Crippen molar-refractivity contribution in [2.75, 3.05) is 0 Å². The van der Waals surface area contributed by atoms with E-state index in [4.69, 9.17) is 5.11 Å². The molecule has 0 radical (unpaired) electrons. The van der Waals surface area contributed by atoms with Gasteiger partial charge in [-0.1, -0.05) is 31.6 Å². The maximum Gasteiger partial charge on any atom is 0.354 e. The molecule has 0 aliphatic heterocycles. The summed E-state index contributed by atoms with van der Waals surface area (Å²) in [4.78, 5) is 11.9. The van der Waals surface area contributed by atoms with Gasteiger partial charge in [-0.2, -0.15) is 0 Å². The molecule has 1 N–H and O–H groups in total. The van der Waals surface area contributed by atoms with E-state index in [1.165, 1.54) is 6.07 Å². The summed E-state index contributed by atoms with van der Waals surface area (Å²) in [5.74, 6) is -1.46. The normalized spacial score (nSPS) is 15.8. The van der Waals surface area contributed by atoms with Crippen molar-refractivity contribution in [3.8, 4) is 0 Å². The molecule has 0 aliphatic rings. The Labute approximate surface area is 103 Å². The van der Waals surface area contributed by atoms with Crippen LogP contribution in [0.25, 0.3) is 10.9 Å². The Balaban J connectivity index is 2.73. The average molecular weight is 299 g/mol. The number of carboxylic acid groups (broad SMARTS) is 1. The Bertz CT molecular complexity index is 698. The van der Waals surface area contributed by atoms with E-state index in [0.29, 0.717) is 0 Å². The first kappa shape index (κ1) is 13.5. The fourth-order valence-corrected chi connectivity index (χ4v) is 2.12. The molecule has 1 aromatic carbocycles. The molecule has 0 fully saturated rings. The number of rotatable bonds is 2. The van der Waals surface area contributed by atoms with Gasteiger partial charge in [0.15, 0.2) is 0 Å². The zero-order valence-electron chi connectivity index (χ0n) is 8.99. The minimum absolute atomic E-state index is 0.135. The van der Waals surface area contributed by atoms with Crippen LogP contribution >= 0.6 is 10.2 Å². The van der Waals surface area contributed by atoms with Crippen molar-refractivity contribution < 1.29 is 29.3 Å². The third-order valence-corrected chi connectivity index (χ3v) is 3.47. The van der Waals surface area contributed by atoms with Crippen LogP contribution in [-0.2, 0) is 0 Å². The second kappa shape index (κ2) is 3.16. The largest absolute Gasteiger partial charge is 0.477 e. The third kappa shape index (κ3) is 2.75. The van der Waals surface area contributed by atoms with Gasteiger partial charge in [0.1, 0.15) is 10.6 Å². The van der Waals surface area contributed by atoms with E-state index in [1.807, 2.05) is 0 Å². The van der Waals surface area contributed by atoms with Crippen molar-refractivity contribution in [1.29, 1.82) is 0 Å². The summed E-state index contributed by atoms with van der Waals surface area (Å²) < 4.78 is 63.0. The first-order chi connectivity index (χ1) is 8.36. The van der Waals surface area contributed by atoms with Crippen molar-refractivity contribution in [3.63, 3.8) is 0 Å². The summed E-state index contributed by atoms with van der Waals surface area (Å²) in [6, 6.07) is 3.50. The summed E-state index contributed by atoms with van der Waals surface area (Å²) in [6.07, 6.45) is 0. The molecule has 0 atom stereocenters. The fraction of sp³-hybridized carbons (Fsp3) is 0. The average Bonchev–Trinajstić information content (AvgIpc) is 2.24. The van der Waals surface area contributed by atoms with Crippen LogP contribution in [0.3, 0.4) is 0 Å². The van der Waals surface area contributed by atoms with Crippen LogP contribution in [0, 0.1) is 0 Å². The molecule has 1 aromatic heterocycles. The van der Waals surface area contributed by atoms with Crippen molar-refractivity contribution in [3.05, 3.63) is 36.0 Å². The molecule has 0 amide bonds. The summed E-state index contributed by atoms with van der Waals surface area (Å²) >= 11 is 0. The molecule has 0 spiro atoms. The van der Waals surface area contributed by atoms with Gasteiger partial charge in [-0.25, -0.2) is 9.78 Å². The van der Waals surface area contributed by atoms with Crippen molar-refractivity contribution in [2.24, 2.45) is 0 Å². The lowest BCUT2D eigenvalue weighted by Gasteiger charge is -2.40. The first-order valence-electron chi connectivity index (χ1n) is 4.75. The molecule has 2 aromatic rings. The summed E-state index contributed by atoms with van der Waals surface area (Å²) in [5, 5.41) is 8.78. The first-order valence-corrected chi connectivity index (χ1v) is 6.70. The van der Waals surface area contributed by atoms with Crippen LogP contribution in [0.15, 0.2) is 35.2 Å². The predicted molar refractivity (Wildman–Crippen MR) is 60.1 cm³/mol. The summed E-state index contributed by atoms with van der Waals surface area (Å²) in [5.41, 5.74) is -0.975. The molecular weight excluding hydrogens is 293 g/mol. The predicted octanol–water partition coefficient (Wildman–Crippen LogP) is 4.59. The smallest absolute Gasteiger partial charge is 0.354 e. The van der Waals surface area contributed by atoms with E-state index in [0.717, 1.165) is 12.1 Å². The third-order valence-electron chi connectivity index (χ3n) is 2.33. The van der Waals surface area contributed by atoms with Crippen LogP contribution in [0.1, 0.15) is 10.5 Å². The lowest BCUT2D eigenvalue weighted by Crippen LogP contribution is -2.06. The van der Waals surface area contributed by atoms with E-state index in [1.54, 1.807) is 0 Å². The Morgan fingerprint density at radius 1 is 1.05 bits per heavy atom. The highest BCUT2D eigenvalue weighted by Crippen LogP contribution is 3.02. The molecule has 0 saturated carbocycles. The molecule has 19 heavy (non-hydrogen) atoms. The van der Waals surface area contributed by atoms with Gasteiger partial charge < -0.3 is 5.11 Å². The minimum Gasteiger partial charge on any atom is -0.477 e. The molecule has 1 heterocycles. The Morgan fingerprint density at radius 3 is 2.16 bits per heavy atom. The van der Waals surface area contributed by atoms with Crippen LogP contribution in [0.5, 0.6) is 0 Å². The van der Waals surface area contributed by atoms with E-state index in [-0.39, 0.29) is 17.5 Å². The number of hydrogen-bond donors (Lipinski definition) is 1. The molecule has 9 heteroatoms. The number of carbonyl (C=O) groups is 1. The van der Waals surface area contributed by atoms with Gasteiger partial charge in [0.25, 0.3) is 0 Å². The van der Waals surface area contributed by atoms with E-state index >= 15 is 0 Å². The second-order valence-electron chi connectivity index (χ2n) is 3.83. The topological polar surface area (TPSA) is 50.2 Å². The number of hydrogen-bond acceptors (Lipinski definition) is 2. The van der Waals surface area contributed by atoms with E-state index < -0.39 is 32.3 Å². The van der Waals surface area contributed by atoms with Gasteiger partial charge in [0.2, 0.25) is 0 Å². The van der Waals surface area contributed by atoms with Crippen LogP contribution in [-0.4, -0.2) is 16.1 Å². The zero-order chi connectivity index (χ0) is 14.5. The number of carboxylic acids is 1. The lowest BCUT2D eigenvalue weighted by atomic mass is 10.2. The molecule has 2 rings (SSSR count). The fourth-order valence-electron chi connectivity index (χ4n) is 1.46. The van der Waals surface area contributed by atoms with Crippen molar-refractivity contribution in [2.45, 2.75) is 4.90 Å². The van der Waals surface area contributed by atoms with Gasteiger partial charge in [-0.3, -0.25) is 0 Å². The van der Waals surface area contributed by atoms with Gasteiger partial charge >= 0.3 is 16.2 Å². The SMILES string of the molecule is O=C(O)c1ccc2ccc(S(F)(F)(F)(F)F)cc2n1. The van der Waals surface area contributed by atoms with Crippen molar-refractivity contribution >= 4 is 27.1 Å². The number of benzene rings is 1. The van der Waals surface area contributed by atoms with Crippen molar-refractivity contribution in [1.82, 2.24) is 4.98 Å². The highest BCUT2D eigenvalue weighted by molar-refractivity contribution is 8.45. The summed E-state index contributed by atoms with van der Waals surface area (Å²) in [7, 11) is -9.79. The van der Waals surface area contributed by atoms with Gasteiger partial charge in [-0.15, -0.1) is 0 Å². The maximum atomic E-state index is 12.6. The Morgan fingerprint density at radius 2 is 1.63 bits per heavy atom. The maximum absolute atomic E-state index is 12.6. The quantitative estimate of drug-likeness (QED) is 0.825. The molecule has 0 saturated heterocycles. The number of aromatic nitrogens is 1. The van der Waals surface area contributed by atoms with Crippen LogP contribution in [0.2, 0.25) is 0 Å². The van der Waals surface area contributed by atoms with Crippen LogP contribution < -0.4 is 0 Å². The standard InChI is InChI=1S/C10H6F5NO2S/c11-19(12,13,14,15)7-3-1-6-2-4-8(10(17)18)16-9(6)5-7/h1-5H,(H,17,18).